The number of nitrogens with one attached hydrogen (secondary N) is 1. The van der Waals surface area contributed by atoms with E-state index in [1.165, 1.54) is 5.56 Å². The number of amides is 2. The molecule has 148 valence electrons. The van der Waals surface area contributed by atoms with Crippen molar-refractivity contribution in [2.75, 3.05) is 24.6 Å². The van der Waals surface area contributed by atoms with E-state index in [0.29, 0.717) is 19.7 Å². The lowest BCUT2D eigenvalue weighted by Crippen LogP contribution is -2.33. The van der Waals surface area contributed by atoms with Gasteiger partial charge in [0.2, 0.25) is 11.8 Å². The minimum atomic E-state index is -0.291. The van der Waals surface area contributed by atoms with Crippen molar-refractivity contribution in [1.29, 1.82) is 0 Å². The molecule has 0 radical (unpaired) electrons. The van der Waals surface area contributed by atoms with Crippen LogP contribution in [0.25, 0.3) is 0 Å². The lowest BCUT2D eigenvalue weighted by molar-refractivity contribution is -0.126. The number of ether oxygens (including phenoxy) is 1. The number of benzene rings is 2. The van der Waals surface area contributed by atoms with Gasteiger partial charge in [-0.3, -0.25) is 9.59 Å². The average molecular weight is 380 g/mol. The molecule has 1 atom stereocenters. The van der Waals surface area contributed by atoms with Crippen LogP contribution in [0.4, 0.5) is 5.69 Å². The van der Waals surface area contributed by atoms with Gasteiger partial charge in [0, 0.05) is 25.2 Å². The van der Waals surface area contributed by atoms with Crippen molar-refractivity contribution in [3.05, 3.63) is 60.2 Å². The summed E-state index contributed by atoms with van der Waals surface area (Å²) in [6.45, 7) is 3.79. The topological polar surface area (TPSA) is 58.6 Å². The molecule has 2 amide bonds. The Morgan fingerprint density at radius 2 is 1.89 bits per heavy atom. The molecule has 0 aliphatic carbocycles. The highest BCUT2D eigenvalue weighted by atomic mass is 16.5. The molecule has 1 fully saturated rings. The van der Waals surface area contributed by atoms with Gasteiger partial charge in [0.15, 0.2) is 0 Å². The number of anilines is 1. The van der Waals surface area contributed by atoms with Gasteiger partial charge < -0.3 is 15.0 Å². The van der Waals surface area contributed by atoms with Gasteiger partial charge >= 0.3 is 0 Å². The van der Waals surface area contributed by atoms with Crippen LogP contribution in [0.3, 0.4) is 0 Å². The Morgan fingerprint density at radius 1 is 1.14 bits per heavy atom. The zero-order valence-corrected chi connectivity index (χ0v) is 16.4. The van der Waals surface area contributed by atoms with E-state index in [9.17, 15) is 9.59 Å². The van der Waals surface area contributed by atoms with Gasteiger partial charge in [-0.05, 0) is 49.1 Å². The van der Waals surface area contributed by atoms with Crippen molar-refractivity contribution in [2.45, 2.75) is 32.6 Å². The Balaban J connectivity index is 1.46. The zero-order chi connectivity index (χ0) is 19.8. The highest BCUT2D eigenvalue weighted by Crippen LogP contribution is 2.27. The summed E-state index contributed by atoms with van der Waals surface area (Å²) >= 11 is 0. The predicted octanol–water partition coefficient (Wildman–Crippen LogP) is 3.58. The first-order valence-electron chi connectivity index (χ1n) is 10.0. The molecule has 0 bridgehead atoms. The van der Waals surface area contributed by atoms with Crippen LogP contribution in [-0.4, -0.2) is 31.5 Å². The van der Waals surface area contributed by atoms with Crippen molar-refractivity contribution in [3.63, 3.8) is 0 Å². The van der Waals surface area contributed by atoms with Crippen LogP contribution in [-0.2, 0) is 16.0 Å². The van der Waals surface area contributed by atoms with Crippen LogP contribution in [0.1, 0.15) is 31.7 Å². The highest BCUT2D eigenvalue weighted by Gasteiger charge is 2.34. The summed E-state index contributed by atoms with van der Waals surface area (Å²) in [4.78, 5) is 26.5. The Hall–Kier alpha value is -2.82. The number of hydrogen-bond donors (Lipinski definition) is 1. The maximum Gasteiger partial charge on any atom is 0.227 e. The molecule has 5 heteroatoms. The molecule has 0 spiro atoms. The Bertz CT molecular complexity index is 774. The summed E-state index contributed by atoms with van der Waals surface area (Å²) in [5.74, 6) is 0.462. The van der Waals surface area contributed by atoms with E-state index in [2.05, 4.69) is 24.4 Å². The average Bonchev–Trinajstić information content (AvgIpc) is 3.12. The van der Waals surface area contributed by atoms with Crippen molar-refractivity contribution >= 4 is 17.5 Å². The van der Waals surface area contributed by atoms with Gasteiger partial charge in [-0.1, -0.05) is 37.3 Å². The molecule has 5 nitrogen and oxygen atoms in total. The molecule has 0 unspecified atom stereocenters. The van der Waals surface area contributed by atoms with E-state index in [0.717, 1.165) is 30.7 Å². The molecule has 3 rings (SSSR count). The smallest absolute Gasteiger partial charge is 0.227 e. The van der Waals surface area contributed by atoms with Crippen molar-refractivity contribution in [2.24, 2.45) is 5.92 Å². The second-order valence-corrected chi connectivity index (χ2v) is 7.13. The molecule has 1 heterocycles. The third-order valence-corrected chi connectivity index (χ3v) is 4.90. The fourth-order valence-electron chi connectivity index (χ4n) is 3.37. The van der Waals surface area contributed by atoms with E-state index in [1.807, 2.05) is 42.5 Å². The number of nitrogens with zero attached hydrogens (tertiary/aromatic N) is 1. The molecule has 1 N–H and O–H groups in total. The van der Waals surface area contributed by atoms with Crippen molar-refractivity contribution < 1.29 is 14.3 Å². The number of hydrogen-bond acceptors (Lipinski definition) is 3. The lowest BCUT2D eigenvalue weighted by atomic mass is 10.1. The second-order valence-electron chi connectivity index (χ2n) is 7.13. The van der Waals surface area contributed by atoms with Gasteiger partial charge in [0.05, 0.1) is 12.5 Å². The predicted molar refractivity (Wildman–Crippen MR) is 110 cm³/mol. The van der Waals surface area contributed by atoms with Crippen molar-refractivity contribution in [3.8, 4) is 5.75 Å². The first kappa shape index (κ1) is 19.9. The molecule has 1 aliphatic rings. The second kappa shape index (κ2) is 9.93. The summed E-state index contributed by atoms with van der Waals surface area (Å²) in [5, 5.41) is 2.98. The molecule has 1 aliphatic heterocycles. The summed E-state index contributed by atoms with van der Waals surface area (Å²) < 4.78 is 5.58. The van der Waals surface area contributed by atoms with Crippen LogP contribution in [0.2, 0.25) is 0 Å². The van der Waals surface area contributed by atoms with Crippen molar-refractivity contribution in [1.82, 2.24) is 5.32 Å². The van der Waals surface area contributed by atoms with Gasteiger partial charge in [-0.2, -0.15) is 0 Å². The molecule has 1 saturated heterocycles. The standard InChI is InChI=1S/C23H28N2O3/c1-2-15-28-21-12-10-20(11-13-21)25-17-19(16-22(25)26)23(27)24-14-6-9-18-7-4-3-5-8-18/h3-5,7-8,10-13,19H,2,6,9,14-17H2,1H3,(H,24,27)/t19-/m0/s1. The molecular weight excluding hydrogens is 352 g/mol. The maximum atomic E-state index is 12.4. The number of carbonyl (C=O) groups is 2. The van der Waals surface area contributed by atoms with Crippen LogP contribution in [0.5, 0.6) is 5.75 Å². The number of rotatable bonds is 9. The number of carbonyl (C=O) groups excluding carboxylic acids is 2. The Morgan fingerprint density at radius 3 is 2.61 bits per heavy atom. The summed E-state index contributed by atoms with van der Waals surface area (Å²) in [7, 11) is 0. The van der Waals surface area contributed by atoms with E-state index in [1.54, 1.807) is 4.90 Å². The highest BCUT2D eigenvalue weighted by molar-refractivity contribution is 6.00. The summed E-state index contributed by atoms with van der Waals surface area (Å²) in [5.41, 5.74) is 2.08. The minimum absolute atomic E-state index is 0.00772. The lowest BCUT2D eigenvalue weighted by Gasteiger charge is -2.17. The molecule has 28 heavy (non-hydrogen) atoms. The summed E-state index contributed by atoms with van der Waals surface area (Å²) in [6.07, 6.45) is 3.04. The fraction of sp³-hybridized carbons (Fsp3) is 0.391. The third kappa shape index (κ3) is 5.35. The van der Waals surface area contributed by atoms with Gasteiger partial charge in [-0.25, -0.2) is 0 Å². The maximum absolute atomic E-state index is 12.4. The molecule has 2 aromatic rings. The van der Waals surface area contributed by atoms with Crippen LogP contribution >= 0.6 is 0 Å². The first-order valence-corrected chi connectivity index (χ1v) is 10.0. The fourth-order valence-corrected chi connectivity index (χ4v) is 3.37. The first-order chi connectivity index (χ1) is 13.7. The monoisotopic (exact) mass is 380 g/mol. The van der Waals surface area contributed by atoms with Gasteiger partial charge in [0.25, 0.3) is 0 Å². The van der Waals surface area contributed by atoms with Gasteiger partial charge in [0.1, 0.15) is 5.75 Å². The molecular formula is C23H28N2O3. The molecule has 0 aromatic heterocycles. The van der Waals surface area contributed by atoms with Gasteiger partial charge in [-0.15, -0.1) is 0 Å². The Kier molecular flexibility index (Phi) is 7.06. The normalized spacial score (nSPS) is 16.2. The molecule has 2 aromatic carbocycles. The Labute approximate surface area is 166 Å². The largest absolute Gasteiger partial charge is 0.494 e. The van der Waals surface area contributed by atoms with Crippen LogP contribution in [0.15, 0.2) is 54.6 Å². The summed E-state index contributed by atoms with van der Waals surface area (Å²) in [6, 6.07) is 17.7. The van der Waals surface area contributed by atoms with E-state index >= 15 is 0 Å². The quantitative estimate of drug-likeness (QED) is 0.677. The van der Waals surface area contributed by atoms with Crippen LogP contribution in [0, 0.1) is 5.92 Å². The third-order valence-electron chi connectivity index (χ3n) is 4.90. The molecule has 0 saturated carbocycles. The number of aryl methyl sites for hydroxylation is 1. The SMILES string of the molecule is CCCOc1ccc(N2C[C@@H](C(=O)NCCCc3ccccc3)CC2=O)cc1. The van der Waals surface area contributed by atoms with Crippen LogP contribution < -0.4 is 15.0 Å². The van der Waals surface area contributed by atoms with E-state index in [-0.39, 0.29) is 24.2 Å². The van der Waals surface area contributed by atoms with E-state index in [4.69, 9.17) is 4.74 Å². The zero-order valence-electron chi connectivity index (χ0n) is 16.4. The van der Waals surface area contributed by atoms with E-state index < -0.39 is 0 Å². The minimum Gasteiger partial charge on any atom is -0.494 e.